The molecule has 0 aliphatic carbocycles. The molecule has 106 valence electrons. The molecular formula is C15H19N3OS. The van der Waals surface area contributed by atoms with Gasteiger partial charge in [-0.25, -0.2) is 4.98 Å². The average Bonchev–Trinajstić information content (AvgIpc) is 2.86. The van der Waals surface area contributed by atoms with Crippen LogP contribution in [-0.4, -0.2) is 17.4 Å². The van der Waals surface area contributed by atoms with E-state index in [1.165, 1.54) is 11.3 Å². The largest absolute Gasteiger partial charge is 0.376 e. The normalized spacial score (nSPS) is 11.2. The Kier molecular flexibility index (Phi) is 4.39. The fraction of sp³-hybridized carbons (Fsp3) is 0.333. The number of anilines is 2. The van der Waals surface area contributed by atoms with E-state index in [9.17, 15) is 4.79 Å². The number of rotatable bonds is 4. The van der Waals surface area contributed by atoms with Gasteiger partial charge in [-0.15, -0.1) is 11.3 Å². The van der Waals surface area contributed by atoms with E-state index in [2.05, 4.69) is 36.4 Å². The van der Waals surface area contributed by atoms with Gasteiger partial charge in [-0.05, 0) is 12.1 Å². The summed E-state index contributed by atoms with van der Waals surface area (Å²) in [7, 11) is 0. The van der Waals surface area contributed by atoms with Crippen molar-refractivity contribution in [1.82, 2.24) is 4.98 Å². The van der Waals surface area contributed by atoms with Crippen LogP contribution in [0.1, 0.15) is 26.5 Å². The second-order valence-corrected chi connectivity index (χ2v) is 6.41. The second-order valence-electron chi connectivity index (χ2n) is 5.56. The minimum atomic E-state index is -0.0938. The van der Waals surface area contributed by atoms with Crippen LogP contribution in [0.5, 0.6) is 0 Å². The van der Waals surface area contributed by atoms with Crippen LogP contribution >= 0.6 is 11.3 Å². The molecule has 1 aromatic carbocycles. The van der Waals surface area contributed by atoms with Gasteiger partial charge in [0.2, 0.25) is 5.91 Å². The Morgan fingerprint density at radius 3 is 2.55 bits per heavy atom. The van der Waals surface area contributed by atoms with E-state index in [1.807, 2.05) is 35.7 Å². The number of nitrogens with one attached hydrogen (secondary N) is 2. The van der Waals surface area contributed by atoms with Gasteiger partial charge >= 0.3 is 0 Å². The first-order chi connectivity index (χ1) is 9.45. The molecule has 0 saturated heterocycles. The van der Waals surface area contributed by atoms with Gasteiger partial charge in [0.05, 0.1) is 12.2 Å². The quantitative estimate of drug-likeness (QED) is 0.906. The van der Waals surface area contributed by atoms with Crippen molar-refractivity contribution in [3.05, 3.63) is 41.4 Å². The second kappa shape index (κ2) is 6.05. The van der Waals surface area contributed by atoms with E-state index in [4.69, 9.17) is 0 Å². The zero-order chi connectivity index (χ0) is 14.6. The molecule has 2 rings (SSSR count). The SMILES string of the molecule is CC(C)(C)c1csc(NC(=O)CNc2ccccc2)n1. The van der Waals surface area contributed by atoms with Gasteiger partial charge in [-0.1, -0.05) is 39.0 Å². The van der Waals surface area contributed by atoms with Crippen LogP contribution in [0.2, 0.25) is 0 Å². The zero-order valence-corrected chi connectivity index (χ0v) is 12.8. The predicted octanol–water partition coefficient (Wildman–Crippen LogP) is 3.49. The van der Waals surface area contributed by atoms with Crippen LogP contribution in [0, 0.1) is 0 Å². The molecule has 1 aromatic heterocycles. The van der Waals surface area contributed by atoms with E-state index >= 15 is 0 Å². The first kappa shape index (κ1) is 14.5. The lowest BCUT2D eigenvalue weighted by molar-refractivity contribution is -0.114. The minimum absolute atomic E-state index is 0.00175. The number of hydrogen-bond acceptors (Lipinski definition) is 4. The molecule has 0 fully saturated rings. The maximum Gasteiger partial charge on any atom is 0.245 e. The monoisotopic (exact) mass is 289 g/mol. The van der Waals surface area contributed by atoms with Gasteiger partial charge in [0.15, 0.2) is 5.13 Å². The molecule has 2 aromatic rings. The summed E-state index contributed by atoms with van der Waals surface area (Å²) in [5.74, 6) is -0.0938. The lowest BCUT2D eigenvalue weighted by Crippen LogP contribution is -2.22. The summed E-state index contributed by atoms with van der Waals surface area (Å²) in [6.07, 6.45) is 0. The summed E-state index contributed by atoms with van der Waals surface area (Å²) in [4.78, 5) is 16.3. The summed E-state index contributed by atoms with van der Waals surface area (Å²) in [5, 5.41) is 8.51. The van der Waals surface area contributed by atoms with Crippen molar-refractivity contribution in [2.75, 3.05) is 17.2 Å². The summed E-state index contributed by atoms with van der Waals surface area (Å²) in [6, 6.07) is 9.64. The van der Waals surface area contributed by atoms with Crippen LogP contribution in [0.3, 0.4) is 0 Å². The van der Waals surface area contributed by atoms with Gasteiger partial charge in [0.25, 0.3) is 0 Å². The molecule has 1 heterocycles. The molecular weight excluding hydrogens is 270 g/mol. The van der Waals surface area contributed by atoms with Gasteiger partial charge in [0.1, 0.15) is 0 Å². The van der Waals surface area contributed by atoms with Crippen molar-refractivity contribution >= 4 is 28.1 Å². The molecule has 20 heavy (non-hydrogen) atoms. The van der Waals surface area contributed by atoms with Crippen molar-refractivity contribution in [2.24, 2.45) is 0 Å². The minimum Gasteiger partial charge on any atom is -0.376 e. The van der Waals surface area contributed by atoms with Gasteiger partial charge < -0.3 is 10.6 Å². The number of thiazole rings is 1. The lowest BCUT2D eigenvalue weighted by atomic mass is 9.93. The van der Waals surface area contributed by atoms with Crippen LogP contribution in [0.25, 0.3) is 0 Å². The number of nitrogens with zero attached hydrogens (tertiary/aromatic N) is 1. The van der Waals surface area contributed by atoms with Crippen LogP contribution < -0.4 is 10.6 Å². The maximum atomic E-state index is 11.8. The number of benzene rings is 1. The number of carbonyl (C=O) groups is 1. The predicted molar refractivity (Wildman–Crippen MR) is 84.4 cm³/mol. The first-order valence-corrected chi connectivity index (χ1v) is 7.38. The van der Waals surface area contributed by atoms with Crippen LogP contribution in [0.15, 0.2) is 35.7 Å². The van der Waals surface area contributed by atoms with Crippen molar-refractivity contribution in [2.45, 2.75) is 26.2 Å². The van der Waals surface area contributed by atoms with Crippen molar-refractivity contribution in [3.63, 3.8) is 0 Å². The van der Waals surface area contributed by atoms with E-state index in [1.54, 1.807) is 0 Å². The summed E-state index contributed by atoms with van der Waals surface area (Å²) < 4.78 is 0. The fourth-order valence-corrected chi connectivity index (χ4v) is 2.53. The fourth-order valence-electron chi connectivity index (χ4n) is 1.58. The van der Waals surface area contributed by atoms with Gasteiger partial charge in [-0.2, -0.15) is 0 Å². The molecule has 0 aliphatic heterocycles. The third-order valence-electron chi connectivity index (χ3n) is 2.75. The number of carbonyl (C=O) groups excluding carboxylic acids is 1. The van der Waals surface area contributed by atoms with Crippen LogP contribution in [0.4, 0.5) is 10.8 Å². The molecule has 0 bridgehead atoms. The highest BCUT2D eigenvalue weighted by Crippen LogP contribution is 2.26. The summed E-state index contributed by atoms with van der Waals surface area (Å²) in [6.45, 7) is 6.54. The molecule has 0 spiro atoms. The van der Waals surface area contributed by atoms with E-state index < -0.39 is 0 Å². The van der Waals surface area contributed by atoms with Gasteiger partial charge in [0, 0.05) is 16.5 Å². The lowest BCUT2D eigenvalue weighted by Gasteiger charge is -2.14. The highest BCUT2D eigenvalue weighted by atomic mass is 32.1. The van der Waals surface area contributed by atoms with Crippen molar-refractivity contribution in [3.8, 4) is 0 Å². The molecule has 0 unspecified atom stereocenters. The molecule has 2 N–H and O–H groups in total. The molecule has 0 saturated carbocycles. The Bertz CT molecular complexity index is 572. The van der Waals surface area contributed by atoms with E-state index in [0.717, 1.165) is 11.4 Å². The van der Waals surface area contributed by atoms with Crippen molar-refractivity contribution in [1.29, 1.82) is 0 Å². The van der Waals surface area contributed by atoms with Crippen LogP contribution in [-0.2, 0) is 10.2 Å². The van der Waals surface area contributed by atoms with E-state index in [-0.39, 0.29) is 17.9 Å². The Hall–Kier alpha value is -1.88. The maximum absolute atomic E-state index is 11.8. The Labute approximate surface area is 123 Å². The number of hydrogen-bond donors (Lipinski definition) is 2. The molecule has 0 atom stereocenters. The Balaban J connectivity index is 1.87. The van der Waals surface area contributed by atoms with Crippen molar-refractivity contribution < 1.29 is 4.79 Å². The third kappa shape index (κ3) is 4.06. The standard InChI is InChI=1S/C15H19N3OS/c1-15(2,3)12-10-20-14(17-12)18-13(19)9-16-11-7-5-4-6-8-11/h4-8,10,16H,9H2,1-3H3,(H,17,18,19). The molecule has 0 radical (unpaired) electrons. The molecule has 0 aliphatic rings. The number of amides is 1. The highest BCUT2D eigenvalue weighted by Gasteiger charge is 2.17. The topological polar surface area (TPSA) is 54.0 Å². The highest BCUT2D eigenvalue weighted by molar-refractivity contribution is 7.13. The van der Waals surface area contributed by atoms with Gasteiger partial charge in [-0.3, -0.25) is 4.79 Å². The van der Waals surface area contributed by atoms with E-state index in [0.29, 0.717) is 5.13 Å². The smallest absolute Gasteiger partial charge is 0.245 e. The third-order valence-corrected chi connectivity index (χ3v) is 3.50. The summed E-state index contributed by atoms with van der Waals surface area (Å²) >= 11 is 1.46. The number of para-hydroxylation sites is 1. The molecule has 4 nitrogen and oxygen atoms in total. The average molecular weight is 289 g/mol. The molecule has 5 heteroatoms. The first-order valence-electron chi connectivity index (χ1n) is 6.50. The molecule has 1 amide bonds. The number of aromatic nitrogens is 1. The Morgan fingerprint density at radius 2 is 1.95 bits per heavy atom. The Morgan fingerprint density at radius 1 is 1.25 bits per heavy atom. The zero-order valence-electron chi connectivity index (χ0n) is 11.9. The summed E-state index contributed by atoms with van der Waals surface area (Å²) in [5.41, 5.74) is 1.92.